The van der Waals surface area contributed by atoms with Gasteiger partial charge in [0.05, 0.1) is 12.1 Å². The molecular weight excluding hydrogens is 338 g/mol. The summed E-state index contributed by atoms with van der Waals surface area (Å²) in [4.78, 5) is 20.1. The first-order chi connectivity index (χ1) is 11.6. The molecule has 128 valence electrons. The third kappa shape index (κ3) is 4.20. The van der Waals surface area contributed by atoms with Crippen LogP contribution in [0.1, 0.15) is 10.4 Å². The lowest BCUT2D eigenvalue weighted by Gasteiger charge is -2.35. The van der Waals surface area contributed by atoms with E-state index in [4.69, 9.17) is 0 Å². The lowest BCUT2D eigenvalue weighted by molar-refractivity contribution is 0.0853. The Morgan fingerprint density at radius 3 is 2.67 bits per heavy atom. The number of amides is 1. The van der Waals surface area contributed by atoms with Crippen LogP contribution in [-0.4, -0.2) is 65.1 Å². The molecule has 24 heavy (non-hydrogen) atoms. The second-order valence-electron chi connectivity index (χ2n) is 5.28. The van der Waals surface area contributed by atoms with Crippen LogP contribution in [0, 0.1) is 0 Å². The SMILES string of the molecule is O=C(Nc1nncs1)c1ccc(N2CCN(CC(F)F)CC2)nc1. The summed E-state index contributed by atoms with van der Waals surface area (Å²) in [5.74, 6) is 0.437. The van der Waals surface area contributed by atoms with E-state index in [1.54, 1.807) is 17.0 Å². The average molecular weight is 354 g/mol. The van der Waals surface area contributed by atoms with Crippen molar-refractivity contribution in [1.82, 2.24) is 20.1 Å². The highest BCUT2D eigenvalue weighted by atomic mass is 32.1. The Bertz CT molecular complexity index is 658. The monoisotopic (exact) mass is 354 g/mol. The van der Waals surface area contributed by atoms with Crippen LogP contribution >= 0.6 is 11.3 Å². The zero-order chi connectivity index (χ0) is 16.9. The molecule has 3 rings (SSSR count). The molecule has 0 spiro atoms. The highest BCUT2D eigenvalue weighted by Gasteiger charge is 2.20. The predicted octanol–water partition coefficient (Wildman–Crippen LogP) is 1.57. The van der Waals surface area contributed by atoms with E-state index in [1.165, 1.54) is 23.0 Å². The fourth-order valence-electron chi connectivity index (χ4n) is 2.46. The molecule has 0 radical (unpaired) electrons. The summed E-state index contributed by atoms with van der Waals surface area (Å²) in [5.41, 5.74) is 1.95. The maximum Gasteiger partial charge on any atom is 0.259 e. The standard InChI is InChI=1S/C14H16F2N6OS/c15-11(16)8-21-3-5-22(6-4-21)12-2-1-10(7-17-12)13(23)19-14-20-18-9-24-14/h1-2,7,9,11H,3-6,8H2,(H,19,20,23). The lowest BCUT2D eigenvalue weighted by Crippen LogP contribution is -2.48. The molecule has 1 aliphatic rings. The highest BCUT2D eigenvalue weighted by Crippen LogP contribution is 2.16. The molecule has 2 aromatic heterocycles. The minimum Gasteiger partial charge on any atom is -0.354 e. The first kappa shape index (κ1) is 16.7. The summed E-state index contributed by atoms with van der Waals surface area (Å²) < 4.78 is 24.8. The molecule has 1 N–H and O–H groups in total. The molecule has 0 unspecified atom stereocenters. The highest BCUT2D eigenvalue weighted by molar-refractivity contribution is 7.13. The summed E-state index contributed by atoms with van der Waals surface area (Å²) in [5, 5.41) is 10.5. The quantitative estimate of drug-likeness (QED) is 0.879. The smallest absolute Gasteiger partial charge is 0.259 e. The average Bonchev–Trinajstić information content (AvgIpc) is 3.08. The number of aromatic nitrogens is 3. The second-order valence-corrected chi connectivity index (χ2v) is 6.12. The summed E-state index contributed by atoms with van der Waals surface area (Å²) in [6.45, 7) is 2.23. The lowest BCUT2D eigenvalue weighted by atomic mass is 10.2. The van der Waals surface area contributed by atoms with Crippen molar-refractivity contribution in [1.29, 1.82) is 0 Å². The number of nitrogens with one attached hydrogen (secondary N) is 1. The topological polar surface area (TPSA) is 74.2 Å². The number of hydrogen-bond donors (Lipinski definition) is 1. The minimum absolute atomic E-state index is 0.189. The third-order valence-corrected chi connectivity index (χ3v) is 4.29. The number of carbonyl (C=O) groups is 1. The van der Waals surface area contributed by atoms with Gasteiger partial charge in [0.2, 0.25) is 5.13 Å². The van der Waals surface area contributed by atoms with Gasteiger partial charge in [-0.3, -0.25) is 15.0 Å². The molecule has 1 amide bonds. The second kappa shape index (κ2) is 7.58. The van der Waals surface area contributed by atoms with E-state index in [1.807, 2.05) is 4.90 Å². The molecule has 7 nitrogen and oxygen atoms in total. The predicted molar refractivity (Wildman–Crippen MR) is 86.8 cm³/mol. The molecule has 0 aliphatic carbocycles. The molecule has 3 heterocycles. The number of alkyl halides is 2. The van der Waals surface area contributed by atoms with Crippen LogP contribution in [0.25, 0.3) is 0 Å². The van der Waals surface area contributed by atoms with Gasteiger partial charge in [-0.05, 0) is 12.1 Å². The van der Waals surface area contributed by atoms with Crippen LogP contribution in [0.5, 0.6) is 0 Å². The third-order valence-electron chi connectivity index (χ3n) is 3.68. The van der Waals surface area contributed by atoms with Gasteiger partial charge in [-0.15, -0.1) is 10.2 Å². The zero-order valence-corrected chi connectivity index (χ0v) is 13.5. The summed E-state index contributed by atoms with van der Waals surface area (Å²) in [6.07, 6.45) is -0.808. The van der Waals surface area contributed by atoms with Gasteiger partial charge in [0.25, 0.3) is 12.3 Å². The van der Waals surface area contributed by atoms with Gasteiger partial charge in [-0.25, -0.2) is 13.8 Å². The Hall–Kier alpha value is -2.20. The molecule has 0 saturated carbocycles. The Labute approximate surface area is 141 Å². The molecule has 2 aromatic rings. The normalized spacial score (nSPS) is 15.7. The molecule has 1 saturated heterocycles. The molecule has 0 aromatic carbocycles. The summed E-state index contributed by atoms with van der Waals surface area (Å²) >= 11 is 1.24. The number of rotatable bonds is 5. The number of piperazine rings is 1. The first-order valence-corrected chi connectivity index (χ1v) is 8.29. The van der Waals surface area contributed by atoms with E-state index >= 15 is 0 Å². The molecule has 10 heteroatoms. The van der Waals surface area contributed by atoms with Crippen molar-refractivity contribution >= 4 is 28.2 Å². The van der Waals surface area contributed by atoms with Crippen molar-refractivity contribution in [2.75, 3.05) is 42.9 Å². The van der Waals surface area contributed by atoms with Gasteiger partial charge < -0.3 is 4.90 Å². The summed E-state index contributed by atoms with van der Waals surface area (Å²) in [6, 6.07) is 3.45. The molecule has 1 aliphatic heterocycles. The first-order valence-electron chi connectivity index (χ1n) is 7.41. The number of halogens is 2. The van der Waals surface area contributed by atoms with Crippen molar-refractivity contribution < 1.29 is 13.6 Å². The van der Waals surface area contributed by atoms with Crippen molar-refractivity contribution in [3.05, 3.63) is 29.4 Å². The molecule has 0 bridgehead atoms. The Morgan fingerprint density at radius 1 is 1.29 bits per heavy atom. The Balaban J connectivity index is 1.56. The maximum absolute atomic E-state index is 12.4. The van der Waals surface area contributed by atoms with Gasteiger partial charge in [0, 0.05) is 32.4 Å². The van der Waals surface area contributed by atoms with E-state index in [0.29, 0.717) is 36.9 Å². The van der Waals surface area contributed by atoms with Crippen molar-refractivity contribution in [3.8, 4) is 0 Å². The Kier molecular flexibility index (Phi) is 5.26. The van der Waals surface area contributed by atoms with Gasteiger partial charge in [-0.1, -0.05) is 11.3 Å². The van der Waals surface area contributed by atoms with Crippen LogP contribution in [0.2, 0.25) is 0 Å². The fraction of sp³-hybridized carbons (Fsp3) is 0.429. The number of pyridine rings is 1. The molecule has 1 fully saturated rings. The molecular formula is C14H16F2N6OS. The number of anilines is 2. The number of carbonyl (C=O) groups excluding carboxylic acids is 1. The largest absolute Gasteiger partial charge is 0.354 e. The van der Waals surface area contributed by atoms with E-state index in [2.05, 4.69) is 20.5 Å². The molecule has 0 atom stereocenters. The minimum atomic E-state index is -2.31. The van der Waals surface area contributed by atoms with Gasteiger partial charge in [0.15, 0.2) is 0 Å². The summed E-state index contributed by atoms with van der Waals surface area (Å²) in [7, 11) is 0. The maximum atomic E-state index is 12.4. The number of hydrogen-bond acceptors (Lipinski definition) is 7. The van der Waals surface area contributed by atoms with Crippen LogP contribution in [0.4, 0.5) is 19.7 Å². The van der Waals surface area contributed by atoms with Crippen molar-refractivity contribution in [2.24, 2.45) is 0 Å². The van der Waals surface area contributed by atoms with E-state index in [9.17, 15) is 13.6 Å². The zero-order valence-electron chi connectivity index (χ0n) is 12.7. The van der Waals surface area contributed by atoms with Crippen LogP contribution in [0.15, 0.2) is 23.8 Å². The van der Waals surface area contributed by atoms with Crippen LogP contribution in [0.3, 0.4) is 0 Å². The van der Waals surface area contributed by atoms with Crippen LogP contribution < -0.4 is 10.2 Å². The van der Waals surface area contributed by atoms with E-state index in [0.717, 1.165) is 5.82 Å². The van der Waals surface area contributed by atoms with Crippen LogP contribution in [-0.2, 0) is 0 Å². The van der Waals surface area contributed by atoms with Gasteiger partial charge >= 0.3 is 0 Å². The van der Waals surface area contributed by atoms with Gasteiger partial charge in [-0.2, -0.15) is 0 Å². The van der Waals surface area contributed by atoms with E-state index in [-0.39, 0.29) is 12.5 Å². The van der Waals surface area contributed by atoms with Crippen molar-refractivity contribution in [2.45, 2.75) is 6.43 Å². The van der Waals surface area contributed by atoms with Gasteiger partial charge in [0.1, 0.15) is 11.3 Å². The fourth-order valence-corrected chi connectivity index (χ4v) is 2.90. The van der Waals surface area contributed by atoms with Crippen molar-refractivity contribution in [3.63, 3.8) is 0 Å². The Morgan fingerprint density at radius 2 is 2.08 bits per heavy atom. The number of nitrogens with zero attached hydrogens (tertiary/aromatic N) is 5. The van der Waals surface area contributed by atoms with E-state index < -0.39 is 6.43 Å².